The molecule has 2 rings (SSSR count). The van der Waals surface area contributed by atoms with Crippen LogP contribution in [0.1, 0.15) is 6.42 Å². The van der Waals surface area contributed by atoms with Crippen molar-refractivity contribution in [3.63, 3.8) is 0 Å². The fourth-order valence-electron chi connectivity index (χ4n) is 2.11. The molecule has 0 aliphatic carbocycles. The maximum atomic E-state index is 12.0. The molecular formula is C13H19N3O4S. The molecule has 1 unspecified atom stereocenters. The standard InChI is InChI=1S/C13H19N3O4S/c1-15(2)21(18,19)14-10-8-13(17)16(9-10)11-4-6-12(20-3)7-5-11/h4-7,10,14H,8-9H2,1-3H3. The number of hydrogen-bond donors (Lipinski definition) is 1. The molecule has 1 aliphatic heterocycles. The first-order valence-corrected chi connectivity index (χ1v) is 7.91. The number of ether oxygens (including phenoxy) is 1. The number of methoxy groups -OCH3 is 1. The van der Waals surface area contributed by atoms with E-state index in [9.17, 15) is 13.2 Å². The molecule has 1 aromatic rings. The van der Waals surface area contributed by atoms with Crippen molar-refractivity contribution in [3.8, 4) is 5.75 Å². The zero-order valence-electron chi connectivity index (χ0n) is 12.2. The topological polar surface area (TPSA) is 79.0 Å². The largest absolute Gasteiger partial charge is 0.497 e. The summed E-state index contributed by atoms with van der Waals surface area (Å²) in [6, 6.07) is 6.66. The Balaban J connectivity index is 2.09. The zero-order valence-corrected chi connectivity index (χ0v) is 13.1. The van der Waals surface area contributed by atoms with Crippen LogP contribution in [-0.2, 0) is 15.0 Å². The van der Waals surface area contributed by atoms with Crippen LogP contribution in [0.2, 0.25) is 0 Å². The normalized spacial score (nSPS) is 19.3. The summed E-state index contributed by atoms with van der Waals surface area (Å²) < 4.78 is 32.3. The molecule has 1 saturated heterocycles. The first-order chi connectivity index (χ1) is 9.83. The maximum Gasteiger partial charge on any atom is 0.279 e. The molecule has 1 heterocycles. The smallest absolute Gasteiger partial charge is 0.279 e. The average Bonchev–Trinajstić information content (AvgIpc) is 2.78. The van der Waals surface area contributed by atoms with Gasteiger partial charge in [-0.15, -0.1) is 0 Å². The van der Waals surface area contributed by atoms with Crippen molar-refractivity contribution in [2.24, 2.45) is 0 Å². The van der Waals surface area contributed by atoms with Gasteiger partial charge in [-0.1, -0.05) is 0 Å². The molecule has 7 nitrogen and oxygen atoms in total. The molecule has 21 heavy (non-hydrogen) atoms. The molecule has 1 amide bonds. The third-order valence-corrected chi connectivity index (χ3v) is 4.90. The van der Waals surface area contributed by atoms with Gasteiger partial charge in [-0.3, -0.25) is 4.79 Å². The van der Waals surface area contributed by atoms with E-state index in [-0.39, 0.29) is 12.3 Å². The highest BCUT2D eigenvalue weighted by atomic mass is 32.2. The summed E-state index contributed by atoms with van der Waals surface area (Å²) in [7, 11) is 0.924. The second kappa shape index (κ2) is 6.00. The number of anilines is 1. The third-order valence-electron chi connectivity index (χ3n) is 3.31. The van der Waals surface area contributed by atoms with Crippen molar-refractivity contribution >= 4 is 21.8 Å². The Morgan fingerprint density at radius 1 is 1.29 bits per heavy atom. The van der Waals surface area contributed by atoms with E-state index in [4.69, 9.17) is 4.74 Å². The first-order valence-electron chi connectivity index (χ1n) is 6.47. The molecule has 0 bridgehead atoms. The second-order valence-corrected chi connectivity index (χ2v) is 6.92. The minimum absolute atomic E-state index is 0.105. The van der Waals surface area contributed by atoms with Crippen molar-refractivity contribution in [1.82, 2.24) is 9.03 Å². The van der Waals surface area contributed by atoms with Gasteiger partial charge in [0, 0.05) is 38.8 Å². The van der Waals surface area contributed by atoms with E-state index in [1.807, 2.05) is 0 Å². The second-order valence-electron chi connectivity index (χ2n) is 5.01. The van der Waals surface area contributed by atoms with Crippen molar-refractivity contribution in [2.75, 3.05) is 32.6 Å². The number of rotatable bonds is 5. The van der Waals surface area contributed by atoms with E-state index in [0.717, 1.165) is 9.99 Å². The van der Waals surface area contributed by atoms with E-state index in [0.29, 0.717) is 12.3 Å². The van der Waals surface area contributed by atoms with Crippen LogP contribution in [0.25, 0.3) is 0 Å². The molecule has 1 aromatic carbocycles. The quantitative estimate of drug-likeness (QED) is 0.842. The molecule has 8 heteroatoms. The minimum atomic E-state index is -3.54. The van der Waals surface area contributed by atoms with Gasteiger partial charge < -0.3 is 9.64 Å². The van der Waals surface area contributed by atoms with Crippen molar-refractivity contribution < 1.29 is 17.9 Å². The Bertz CT molecular complexity index is 613. The van der Waals surface area contributed by atoms with E-state index < -0.39 is 16.3 Å². The van der Waals surface area contributed by atoms with E-state index in [2.05, 4.69) is 4.72 Å². The van der Waals surface area contributed by atoms with Crippen molar-refractivity contribution in [3.05, 3.63) is 24.3 Å². The van der Waals surface area contributed by atoms with Crippen molar-refractivity contribution in [1.29, 1.82) is 0 Å². The Kier molecular flexibility index (Phi) is 4.50. The Hall–Kier alpha value is -1.64. The predicted octanol–water partition coefficient (Wildman–Crippen LogP) is 0.197. The van der Waals surface area contributed by atoms with Crippen LogP contribution in [0.15, 0.2) is 24.3 Å². The number of carbonyl (C=O) groups excluding carboxylic acids is 1. The van der Waals surface area contributed by atoms with Crippen LogP contribution in [0, 0.1) is 0 Å². The summed E-state index contributed by atoms with van der Waals surface area (Å²) in [5.41, 5.74) is 0.729. The number of nitrogens with zero attached hydrogens (tertiary/aromatic N) is 2. The lowest BCUT2D eigenvalue weighted by Gasteiger charge is -2.19. The molecule has 0 aromatic heterocycles. The highest BCUT2D eigenvalue weighted by Gasteiger charge is 2.33. The van der Waals surface area contributed by atoms with Crippen LogP contribution >= 0.6 is 0 Å². The molecule has 1 aliphatic rings. The Labute approximate surface area is 124 Å². The molecule has 1 atom stereocenters. The van der Waals surface area contributed by atoms with Crippen LogP contribution in [0.4, 0.5) is 5.69 Å². The number of amides is 1. The number of carbonyl (C=O) groups is 1. The summed E-state index contributed by atoms with van der Waals surface area (Å²) >= 11 is 0. The molecule has 116 valence electrons. The van der Waals surface area contributed by atoms with Gasteiger partial charge in [0.05, 0.1) is 7.11 Å². The summed E-state index contributed by atoms with van der Waals surface area (Å²) in [5, 5.41) is 0. The third kappa shape index (κ3) is 3.52. The number of hydrogen-bond acceptors (Lipinski definition) is 4. The van der Waals surface area contributed by atoms with Gasteiger partial charge in [-0.2, -0.15) is 17.4 Å². The van der Waals surface area contributed by atoms with Crippen LogP contribution in [-0.4, -0.2) is 52.4 Å². The first kappa shape index (κ1) is 15.7. The van der Waals surface area contributed by atoms with Crippen LogP contribution < -0.4 is 14.4 Å². The van der Waals surface area contributed by atoms with Gasteiger partial charge in [-0.25, -0.2) is 0 Å². The van der Waals surface area contributed by atoms with E-state index in [1.165, 1.54) is 14.1 Å². The average molecular weight is 313 g/mol. The van der Waals surface area contributed by atoms with E-state index >= 15 is 0 Å². The van der Waals surface area contributed by atoms with Gasteiger partial charge >= 0.3 is 0 Å². The molecule has 1 fully saturated rings. The SMILES string of the molecule is COc1ccc(N2CC(NS(=O)(=O)N(C)C)CC2=O)cc1. The monoisotopic (exact) mass is 313 g/mol. The molecule has 0 saturated carbocycles. The van der Waals surface area contributed by atoms with Crippen molar-refractivity contribution in [2.45, 2.75) is 12.5 Å². The Morgan fingerprint density at radius 3 is 2.43 bits per heavy atom. The lowest BCUT2D eigenvalue weighted by Crippen LogP contribution is -2.43. The maximum absolute atomic E-state index is 12.0. The van der Waals surface area contributed by atoms with Gasteiger partial charge in [0.2, 0.25) is 5.91 Å². The fraction of sp³-hybridized carbons (Fsp3) is 0.462. The highest BCUT2D eigenvalue weighted by Crippen LogP contribution is 2.24. The van der Waals surface area contributed by atoms with Crippen LogP contribution in [0.3, 0.4) is 0 Å². The van der Waals surface area contributed by atoms with Gasteiger partial charge in [0.15, 0.2) is 0 Å². The number of nitrogens with one attached hydrogen (secondary N) is 1. The molecular weight excluding hydrogens is 294 g/mol. The fourth-order valence-corrected chi connectivity index (χ4v) is 2.90. The summed E-state index contributed by atoms with van der Waals surface area (Å²) in [5.74, 6) is 0.599. The molecule has 0 radical (unpaired) electrons. The molecule has 1 N–H and O–H groups in total. The minimum Gasteiger partial charge on any atom is -0.497 e. The summed E-state index contributed by atoms with van der Waals surface area (Å²) in [6.45, 7) is 0.318. The summed E-state index contributed by atoms with van der Waals surface area (Å²) in [6.07, 6.45) is 0.152. The zero-order chi connectivity index (χ0) is 15.6. The van der Waals surface area contributed by atoms with Crippen LogP contribution in [0.5, 0.6) is 5.75 Å². The van der Waals surface area contributed by atoms with Gasteiger partial charge in [0.25, 0.3) is 10.2 Å². The van der Waals surface area contributed by atoms with Gasteiger partial charge in [-0.05, 0) is 24.3 Å². The lowest BCUT2D eigenvalue weighted by atomic mass is 10.3. The highest BCUT2D eigenvalue weighted by molar-refractivity contribution is 7.87. The molecule has 0 spiro atoms. The van der Waals surface area contributed by atoms with Gasteiger partial charge in [0.1, 0.15) is 5.75 Å². The number of benzene rings is 1. The Morgan fingerprint density at radius 2 is 1.90 bits per heavy atom. The van der Waals surface area contributed by atoms with E-state index in [1.54, 1.807) is 36.3 Å². The lowest BCUT2D eigenvalue weighted by molar-refractivity contribution is -0.117. The summed E-state index contributed by atoms with van der Waals surface area (Å²) in [4.78, 5) is 13.6. The predicted molar refractivity (Wildman–Crippen MR) is 79.5 cm³/mol.